The Balaban J connectivity index is 2.12. The van der Waals surface area contributed by atoms with Crippen molar-refractivity contribution in [1.29, 1.82) is 0 Å². The van der Waals surface area contributed by atoms with Crippen molar-refractivity contribution in [1.82, 2.24) is 20.4 Å². The van der Waals surface area contributed by atoms with E-state index in [9.17, 15) is 4.79 Å². The van der Waals surface area contributed by atoms with Crippen molar-refractivity contribution in [2.45, 2.75) is 46.2 Å². The molecule has 21 heavy (non-hydrogen) atoms. The first-order valence-electron chi connectivity index (χ1n) is 7.21. The summed E-state index contributed by atoms with van der Waals surface area (Å²) in [6, 6.07) is 0.189. The maximum Gasteiger partial charge on any atom is 0.250 e. The molecule has 0 spiro atoms. The molecule has 6 nitrogen and oxygen atoms in total. The molecule has 1 aromatic heterocycles. The van der Waals surface area contributed by atoms with Crippen LogP contribution in [0.2, 0.25) is 0 Å². The molecule has 0 bridgehead atoms. The lowest BCUT2D eigenvalue weighted by Gasteiger charge is -2.28. The van der Waals surface area contributed by atoms with Crippen LogP contribution < -0.4 is 5.32 Å². The van der Waals surface area contributed by atoms with Gasteiger partial charge in [0.05, 0.1) is 5.88 Å². The van der Waals surface area contributed by atoms with E-state index in [1.807, 2.05) is 32.7 Å². The molecule has 0 aromatic carbocycles. The molecular formula is C14H24N4O2S. The molecule has 1 aliphatic heterocycles. The smallest absolute Gasteiger partial charge is 0.250 e. The number of likely N-dealkylation sites (N-methyl/N-ethyl adjacent to an activating group) is 1. The predicted molar refractivity (Wildman–Crippen MR) is 82.9 cm³/mol. The van der Waals surface area contributed by atoms with Gasteiger partial charge >= 0.3 is 0 Å². The van der Waals surface area contributed by atoms with Crippen LogP contribution in [0.1, 0.15) is 45.5 Å². The number of hydrogen-bond acceptors (Lipinski definition) is 6. The largest absolute Gasteiger partial charge is 0.337 e. The number of amides is 1. The van der Waals surface area contributed by atoms with Gasteiger partial charge in [-0.25, -0.2) is 0 Å². The van der Waals surface area contributed by atoms with Crippen molar-refractivity contribution in [3.63, 3.8) is 0 Å². The van der Waals surface area contributed by atoms with Crippen molar-refractivity contribution in [3.8, 4) is 0 Å². The molecule has 2 heterocycles. The SMILES string of the molecule is CNC(C)Cc1noc(C2CSCN2C(=O)C(C)(C)C)n1. The van der Waals surface area contributed by atoms with Gasteiger partial charge in [-0.1, -0.05) is 25.9 Å². The Kier molecular flexibility index (Phi) is 4.93. The summed E-state index contributed by atoms with van der Waals surface area (Å²) in [5.41, 5.74) is -0.396. The summed E-state index contributed by atoms with van der Waals surface area (Å²) in [5.74, 6) is 2.86. The zero-order valence-electron chi connectivity index (χ0n) is 13.3. The van der Waals surface area contributed by atoms with Gasteiger partial charge in [-0.3, -0.25) is 4.79 Å². The van der Waals surface area contributed by atoms with Crippen molar-refractivity contribution in [2.75, 3.05) is 18.7 Å². The fraction of sp³-hybridized carbons (Fsp3) is 0.786. The fourth-order valence-corrected chi connectivity index (χ4v) is 3.28. The Morgan fingerprint density at radius 3 is 2.90 bits per heavy atom. The van der Waals surface area contributed by atoms with Gasteiger partial charge in [-0.05, 0) is 14.0 Å². The monoisotopic (exact) mass is 312 g/mol. The van der Waals surface area contributed by atoms with E-state index in [1.165, 1.54) is 0 Å². The van der Waals surface area contributed by atoms with E-state index in [4.69, 9.17) is 4.52 Å². The highest BCUT2D eigenvalue weighted by Gasteiger charge is 2.38. The number of carbonyl (C=O) groups excluding carboxylic acids is 1. The van der Waals surface area contributed by atoms with Gasteiger partial charge in [-0.2, -0.15) is 4.98 Å². The van der Waals surface area contributed by atoms with Crippen LogP contribution in [0.3, 0.4) is 0 Å². The maximum absolute atomic E-state index is 12.5. The molecule has 1 amide bonds. The van der Waals surface area contributed by atoms with Crippen LogP contribution in [-0.4, -0.2) is 45.7 Å². The molecule has 0 radical (unpaired) electrons. The number of thioether (sulfide) groups is 1. The molecule has 2 unspecified atom stereocenters. The van der Waals surface area contributed by atoms with Crippen LogP contribution >= 0.6 is 11.8 Å². The summed E-state index contributed by atoms with van der Waals surface area (Å²) in [7, 11) is 1.91. The second kappa shape index (κ2) is 6.36. The van der Waals surface area contributed by atoms with Gasteiger partial charge < -0.3 is 14.7 Å². The van der Waals surface area contributed by atoms with E-state index in [-0.39, 0.29) is 11.9 Å². The minimum atomic E-state index is -0.396. The van der Waals surface area contributed by atoms with Gasteiger partial charge in [0.25, 0.3) is 0 Å². The molecule has 1 N–H and O–H groups in total. The summed E-state index contributed by atoms with van der Waals surface area (Å²) in [6.45, 7) is 7.87. The molecule has 2 atom stereocenters. The van der Waals surface area contributed by atoms with Crippen molar-refractivity contribution in [3.05, 3.63) is 11.7 Å². The first kappa shape index (κ1) is 16.3. The van der Waals surface area contributed by atoms with Crippen molar-refractivity contribution >= 4 is 17.7 Å². The molecule has 0 saturated carbocycles. The third-order valence-corrected chi connectivity index (χ3v) is 4.55. The van der Waals surface area contributed by atoms with Gasteiger partial charge in [0.15, 0.2) is 5.82 Å². The zero-order valence-corrected chi connectivity index (χ0v) is 14.2. The second-order valence-electron chi connectivity index (χ2n) is 6.48. The normalized spacial score (nSPS) is 20.8. The zero-order chi connectivity index (χ0) is 15.6. The van der Waals surface area contributed by atoms with Crippen molar-refractivity contribution in [2.24, 2.45) is 5.41 Å². The average molecular weight is 312 g/mol. The van der Waals surface area contributed by atoms with Crippen LogP contribution in [0.25, 0.3) is 0 Å². The number of nitrogens with one attached hydrogen (secondary N) is 1. The number of nitrogens with zero attached hydrogens (tertiary/aromatic N) is 3. The maximum atomic E-state index is 12.5. The summed E-state index contributed by atoms with van der Waals surface area (Å²) in [5, 5.41) is 7.18. The topological polar surface area (TPSA) is 71.3 Å². The first-order valence-corrected chi connectivity index (χ1v) is 8.37. The van der Waals surface area contributed by atoms with Crippen LogP contribution in [0.5, 0.6) is 0 Å². The first-order chi connectivity index (χ1) is 9.82. The van der Waals surface area contributed by atoms with Gasteiger partial charge in [-0.15, -0.1) is 11.8 Å². The molecule has 1 aliphatic rings. The third kappa shape index (κ3) is 3.77. The Bertz CT molecular complexity index is 497. The molecule has 118 valence electrons. The van der Waals surface area contributed by atoms with E-state index in [2.05, 4.69) is 22.4 Å². The molecule has 2 rings (SSSR count). The second-order valence-corrected chi connectivity index (χ2v) is 7.48. The summed E-state index contributed by atoms with van der Waals surface area (Å²) in [4.78, 5) is 18.8. The summed E-state index contributed by atoms with van der Waals surface area (Å²) in [6.07, 6.45) is 0.715. The Labute approximate surface area is 130 Å². The van der Waals surface area contributed by atoms with E-state index < -0.39 is 5.41 Å². The Hall–Kier alpha value is -1.08. The van der Waals surface area contributed by atoms with E-state index >= 15 is 0 Å². The molecule has 1 fully saturated rings. The minimum absolute atomic E-state index is 0.104. The lowest BCUT2D eigenvalue weighted by molar-refractivity contribution is -0.140. The lowest BCUT2D eigenvalue weighted by Crippen LogP contribution is -2.39. The van der Waals surface area contributed by atoms with E-state index in [0.717, 1.165) is 5.75 Å². The van der Waals surface area contributed by atoms with Crippen LogP contribution in [0.4, 0.5) is 0 Å². The van der Waals surface area contributed by atoms with Crippen LogP contribution in [0, 0.1) is 5.41 Å². The van der Waals surface area contributed by atoms with Crippen LogP contribution in [0.15, 0.2) is 4.52 Å². The minimum Gasteiger partial charge on any atom is -0.337 e. The molecule has 7 heteroatoms. The number of carbonyl (C=O) groups is 1. The summed E-state index contributed by atoms with van der Waals surface area (Å²) >= 11 is 1.72. The summed E-state index contributed by atoms with van der Waals surface area (Å²) < 4.78 is 5.39. The quantitative estimate of drug-likeness (QED) is 0.915. The number of rotatable bonds is 4. The number of aromatic nitrogens is 2. The Morgan fingerprint density at radius 2 is 2.29 bits per heavy atom. The lowest BCUT2D eigenvalue weighted by atomic mass is 9.94. The predicted octanol–water partition coefficient (Wildman–Crippen LogP) is 1.84. The van der Waals surface area contributed by atoms with Crippen molar-refractivity contribution < 1.29 is 9.32 Å². The fourth-order valence-electron chi connectivity index (χ4n) is 2.14. The highest BCUT2D eigenvalue weighted by atomic mass is 32.2. The van der Waals surface area contributed by atoms with E-state index in [1.54, 1.807) is 11.8 Å². The van der Waals surface area contributed by atoms with Gasteiger partial charge in [0, 0.05) is 23.6 Å². The van der Waals surface area contributed by atoms with E-state index in [0.29, 0.717) is 30.1 Å². The van der Waals surface area contributed by atoms with Gasteiger partial charge in [0.1, 0.15) is 6.04 Å². The Morgan fingerprint density at radius 1 is 1.57 bits per heavy atom. The molecule has 1 aromatic rings. The highest BCUT2D eigenvalue weighted by Crippen LogP contribution is 2.35. The molecular weight excluding hydrogens is 288 g/mol. The van der Waals surface area contributed by atoms with Gasteiger partial charge in [0.2, 0.25) is 11.8 Å². The third-order valence-electron chi connectivity index (χ3n) is 3.54. The standard InChI is InChI=1S/C14H24N4O2S/c1-9(15-5)6-11-16-12(20-17-11)10-7-21-8-18(10)13(19)14(2,3)4/h9-10,15H,6-8H2,1-5H3. The highest BCUT2D eigenvalue weighted by molar-refractivity contribution is 7.99. The number of hydrogen-bond donors (Lipinski definition) is 1. The molecule has 1 saturated heterocycles. The average Bonchev–Trinajstić information content (AvgIpc) is 3.04. The van der Waals surface area contributed by atoms with Crippen LogP contribution in [-0.2, 0) is 11.2 Å². The molecule has 0 aliphatic carbocycles.